The number of hydrogen-bond donors (Lipinski definition) is 1. The number of esters is 1. The van der Waals surface area contributed by atoms with Crippen LogP contribution in [0.5, 0.6) is 0 Å². The van der Waals surface area contributed by atoms with E-state index in [4.69, 9.17) is 9.57 Å². The third-order valence-electron chi connectivity index (χ3n) is 5.14. The van der Waals surface area contributed by atoms with E-state index in [9.17, 15) is 9.90 Å². The smallest absolute Gasteiger partial charge is 0.343 e. The van der Waals surface area contributed by atoms with E-state index in [-0.39, 0.29) is 5.76 Å². The standard InChI is InChI=1S/C19H25NO4/c1-5-14-11-12(2)10-13(3)15(14)16-17(21)19(24-18(16)22)6-8-20(23-4)9-7-19/h10-11,21H,5-9H2,1-4H3. The molecule has 1 fully saturated rings. The van der Waals surface area contributed by atoms with Crippen LogP contribution in [0.3, 0.4) is 0 Å². The summed E-state index contributed by atoms with van der Waals surface area (Å²) in [5, 5.41) is 12.8. The molecule has 0 unspecified atom stereocenters. The van der Waals surface area contributed by atoms with Crippen LogP contribution in [0.1, 0.15) is 42.0 Å². The normalized spacial score (nSPS) is 20.8. The molecule has 1 aromatic carbocycles. The van der Waals surface area contributed by atoms with Crippen LogP contribution in [0, 0.1) is 13.8 Å². The first-order chi connectivity index (χ1) is 11.4. The summed E-state index contributed by atoms with van der Waals surface area (Å²) in [5.41, 5.74) is 3.49. The molecule has 1 saturated heterocycles. The van der Waals surface area contributed by atoms with E-state index in [1.54, 1.807) is 7.11 Å². The Labute approximate surface area is 142 Å². The number of aryl methyl sites for hydroxylation is 3. The highest BCUT2D eigenvalue weighted by Gasteiger charge is 2.50. The molecule has 0 aromatic heterocycles. The molecule has 0 radical (unpaired) electrons. The molecule has 5 nitrogen and oxygen atoms in total. The van der Waals surface area contributed by atoms with E-state index in [1.165, 1.54) is 0 Å². The zero-order valence-corrected chi connectivity index (χ0v) is 14.8. The average molecular weight is 331 g/mol. The zero-order chi connectivity index (χ0) is 17.5. The van der Waals surface area contributed by atoms with Gasteiger partial charge in [-0.25, -0.2) is 4.79 Å². The van der Waals surface area contributed by atoms with Crippen molar-refractivity contribution >= 4 is 11.5 Å². The van der Waals surface area contributed by atoms with Gasteiger partial charge in [0.1, 0.15) is 5.57 Å². The quantitative estimate of drug-likeness (QED) is 0.863. The van der Waals surface area contributed by atoms with E-state index >= 15 is 0 Å². The summed E-state index contributed by atoms with van der Waals surface area (Å²) in [7, 11) is 1.63. The lowest BCUT2D eigenvalue weighted by atomic mass is 9.85. The Kier molecular flexibility index (Phi) is 4.40. The van der Waals surface area contributed by atoms with Crippen molar-refractivity contribution in [2.24, 2.45) is 0 Å². The number of ether oxygens (including phenoxy) is 1. The van der Waals surface area contributed by atoms with Crippen LogP contribution in [-0.2, 0) is 20.8 Å². The summed E-state index contributed by atoms with van der Waals surface area (Å²) >= 11 is 0. The molecule has 0 atom stereocenters. The second-order valence-electron chi connectivity index (χ2n) is 6.69. The summed E-state index contributed by atoms with van der Waals surface area (Å²) in [6.07, 6.45) is 1.87. The highest BCUT2D eigenvalue weighted by Crippen LogP contribution is 2.44. The van der Waals surface area contributed by atoms with E-state index in [2.05, 4.69) is 13.0 Å². The largest absolute Gasteiger partial charge is 0.507 e. The number of hydroxylamine groups is 2. The van der Waals surface area contributed by atoms with Crippen LogP contribution in [0.4, 0.5) is 0 Å². The molecule has 3 rings (SSSR count). The van der Waals surface area contributed by atoms with E-state index < -0.39 is 11.6 Å². The fourth-order valence-corrected chi connectivity index (χ4v) is 3.88. The predicted molar refractivity (Wildman–Crippen MR) is 91.5 cm³/mol. The Morgan fingerprint density at radius 3 is 2.54 bits per heavy atom. The number of benzene rings is 1. The minimum absolute atomic E-state index is 0.0879. The molecule has 130 valence electrons. The van der Waals surface area contributed by atoms with Gasteiger partial charge in [0.25, 0.3) is 0 Å². The Morgan fingerprint density at radius 1 is 1.29 bits per heavy atom. The summed E-state index contributed by atoms with van der Waals surface area (Å²) in [5.74, 6) is -0.329. The number of rotatable bonds is 3. The van der Waals surface area contributed by atoms with Gasteiger partial charge < -0.3 is 14.7 Å². The number of piperidine rings is 1. The Bertz CT molecular complexity index is 700. The van der Waals surface area contributed by atoms with Gasteiger partial charge in [0, 0.05) is 25.9 Å². The predicted octanol–water partition coefficient (Wildman–Crippen LogP) is 3.09. The molecule has 1 spiro atoms. The zero-order valence-electron chi connectivity index (χ0n) is 14.8. The minimum Gasteiger partial charge on any atom is -0.507 e. The lowest BCUT2D eigenvalue weighted by molar-refractivity contribution is -0.182. The maximum Gasteiger partial charge on any atom is 0.343 e. The van der Waals surface area contributed by atoms with Crippen LogP contribution in [0.25, 0.3) is 5.57 Å². The first-order valence-electron chi connectivity index (χ1n) is 8.48. The van der Waals surface area contributed by atoms with Gasteiger partial charge in [-0.1, -0.05) is 24.6 Å². The van der Waals surface area contributed by atoms with Gasteiger partial charge in [-0.3, -0.25) is 0 Å². The van der Waals surface area contributed by atoms with Crippen molar-refractivity contribution in [2.45, 2.75) is 45.6 Å². The van der Waals surface area contributed by atoms with Crippen molar-refractivity contribution in [3.05, 3.63) is 40.1 Å². The maximum absolute atomic E-state index is 12.6. The minimum atomic E-state index is -0.899. The summed E-state index contributed by atoms with van der Waals surface area (Å²) in [4.78, 5) is 17.9. The molecule has 1 N–H and O–H groups in total. The lowest BCUT2D eigenvalue weighted by Crippen LogP contribution is -2.45. The monoisotopic (exact) mass is 331 g/mol. The fraction of sp³-hybridized carbons (Fsp3) is 0.526. The molecule has 2 aliphatic heterocycles. The SMILES string of the molecule is CCc1cc(C)cc(C)c1C1=C(O)C2(CCN(OC)CC2)OC1=O. The number of nitrogens with zero attached hydrogens (tertiary/aromatic N) is 1. The maximum atomic E-state index is 12.6. The van der Waals surface area contributed by atoms with Gasteiger partial charge in [0.15, 0.2) is 11.4 Å². The first kappa shape index (κ1) is 17.0. The molecule has 2 aliphatic rings. The van der Waals surface area contributed by atoms with Crippen LogP contribution < -0.4 is 0 Å². The molecular weight excluding hydrogens is 306 g/mol. The van der Waals surface area contributed by atoms with Crippen molar-refractivity contribution in [1.29, 1.82) is 0 Å². The summed E-state index contributed by atoms with van der Waals surface area (Å²) in [6.45, 7) is 7.32. The third kappa shape index (κ3) is 2.62. The van der Waals surface area contributed by atoms with E-state index in [0.717, 1.165) is 28.7 Å². The van der Waals surface area contributed by atoms with Gasteiger partial charge in [-0.15, -0.1) is 0 Å². The number of carbonyl (C=O) groups is 1. The van der Waals surface area contributed by atoms with Crippen molar-refractivity contribution < 1.29 is 19.5 Å². The number of carbonyl (C=O) groups excluding carboxylic acids is 1. The second kappa shape index (κ2) is 6.22. The van der Waals surface area contributed by atoms with Crippen LogP contribution in [0.15, 0.2) is 17.9 Å². The van der Waals surface area contributed by atoms with Gasteiger partial charge in [0.05, 0.1) is 7.11 Å². The van der Waals surface area contributed by atoms with Gasteiger partial charge in [-0.2, -0.15) is 5.06 Å². The fourth-order valence-electron chi connectivity index (χ4n) is 3.88. The number of aliphatic hydroxyl groups is 1. The molecule has 24 heavy (non-hydrogen) atoms. The molecule has 0 amide bonds. The van der Waals surface area contributed by atoms with Crippen molar-refractivity contribution in [3.8, 4) is 0 Å². The highest BCUT2D eigenvalue weighted by atomic mass is 16.7. The molecule has 0 bridgehead atoms. The van der Waals surface area contributed by atoms with Crippen molar-refractivity contribution in [1.82, 2.24) is 5.06 Å². The molecule has 0 aliphatic carbocycles. The van der Waals surface area contributed by atoms with Crippen molar-refractivity contribution in [3.63, 3.8) is 0 Å². The van der Waals surface area contributed by atoms with Gasteiger partial charge >= 0.3 is 5.97 Å². The molecule has 5 heteroatoms. The molecule has 1 aromatic rings. The highest BCUT2D eigenvalue weighted by molar-refractivity contribution is 6.20. The van der Waals surface area contributed by atoms with Crippen LogP contribution >= 0.6 is 0 Å². The molecule has 0 saturated carbocycles. The third-order valence-corrected chi connectivity index (χ3v) is 5.14. The molecular formula is C19H25NO4. The van der Waals surface area contributed by atoms with Crippen LogP contribution in [0.2, 0.25) is 0 Å². The lowest BCUT2D eigenvalue weighted by Gasteiger charge is -2.36. The van der Waals surface area contributed by atoms with E-state index in [1.807, 2.05) is 25.0 Å². The van der Waals surface area contributed by atoms with Gasteiger partial charge in [-0.05, 0) is 37.0 Å². The topological polar surface area (TPSA) is 59.0 Å². The Hall–Kier alpha value is -1.85. The van der Waals surface area contributed by atoms with Crippen LogP contribution in [-0.4, -0.2) is 41.9 Å². The second-order valence-corrected chi connectivity index (χ2v) is 6.69. The summed E-state index contributed by atoms with van der Waals surface area (Å²) < 4.78 is 5.70. The Morgan fingerprint density at radius 2 is 1.96 bits per heavy atom. The van der Waals surface area contributed by atoms with E-state index in [0.29, 0.717) is 31.5 Å². The number of aliphatic hydroxyl groups excluding tert-OH is 1. The molecule has 2 heterocycles. The average Bonchev–Trinajstić information content (AvgIpc) is 2.79. The van der Waals surface area contributed by atoms with Gasteiger partial charge in [0.2, 0.25) is 0 Å². The number of hydrogen-bond acceptors (Lipinski definition) is 5. The van der Waals surface area contributed by atoms with Crippen molar-refractivity contribution in [2.75, 3.05) is 20.2 Å². The summed E-state index contributed by atoms with van der Waals surface area (Å²) in [6, 6.07) is 4.12. The Balaban J connectivity index is 2.07. The first-order valence-corrected chi connectivity index (χ1v) is 8.48.